The summed E-state index contributed by atoms with van der Waals surface area (Å²) >= 11 is 0. The molecule has 3 heteroatoms. The summed E-state index contributed by atoms with van der Waals surface area (Å²) in [7, 11) is 0. The smallest absolute Gasteiger partial charge is 0.0948 e. The molecular formula is C9H17N3. The highest BCUT2D eigenvalue weighted by Crippen LogP contribution is 2.01. The molecule has 3 nitrogen and oxygen atoms in total. The molecule has 2 heterocycles. The Kier molecular flexibility index (Phi) is 3.80. The first-order chi connectivity index (χ1) is 5.97. The van der Waals surface area contributed by atoms with Crippen LogP contribution in [0.1, 0.15) is 19.5 Å². The van der Waals surface area contributed by atoms with E-state index < -0.39 is 0 Å². The average molecular weight is 167 g/mol. The minimum atomic E-state index is 1.06. The van der Waals surface area contributed by atoms with Gasteiger partial charge in [-0.1, -0.05) is 13.8 Å². The molecule has 0 aromatic carbocycles. The molecule has 12 heavy (non-hydrogen) atoms. The van der Waals surface area contributed by atoms with Crippen LogP contribution in [0.15, 0.2) is 12.5 Å². The van der Waals surface area contributed by atoms with Crippen molar-refractivity contribution in [3.05, 3.63) is 18.2 Å². The van der Waals surface area contributed by atoms with Crippen LogP contribution in [0.5, 0.6) is 0 Å². The lowest BCUT2D eigenvalue weighted by Crippen LogP contribution is -2.17. The Morgan fingerprint density at radius 2 is 2.25 bits per heavy atom. The van der Waals surface area contributed by atoms with Crippen LogP contribution in [0.4, 0.5) is 0 Å². The largest absolute Gasteiger partial charge is 0.333 e. The number of nitrogens with one attached hydrogen (secondary N) is 1. The van der Waals surface area contributed by atoms with Crippen LogP contribution in [-0.2, 0) is 13.0 Å². The second-order valence-corrected chi connectivity index (χ2v) is 2.58. The van der Waals surface area contributed by atoms with Crippen LogP contribution in [-0.4, -0.2) is 22.6 Å². The van der Waals surface area contributed by atoms with E-state index in [9.17, 15) is 0 Å². The second kappa shape index (κ2) is 4.93. The van der Waals surface area contributed by atoms with Crippen LogP contribution in [0.2, 0.25) is 0 Å². The third kappa shape index (κ3) is 2.08. The van der Waals surface area contributed by atoms with Gasteiger partial charge in [0.25, 0.3) is 0 Å². The molecule has 0 aliphatic carbocycles. The lowest BCUT2D eigenvalue weighted by Gasteiger charge is -1.98. The van der Waals surface area contributed by atoms with Gasteiger partial charge < -0.3 is 9.88 Å². The van der Waals surface area contributed by atoms with Crippen LogP contribution >= 0.6 is 0 Å². The number of fused-ring (bicyclic) bond motifs is 1. The molecule has 1 aliphatic rings. The van der Waals surface area contributed by atoms with Gasteiger partial charge in [-0.05, 0) is 0 Å². The number of imidazole rings is 1. The Labute approximate surface area is 73.8 Å². The summed E-state index contributed by atoms with van der Waals surface area (Å²) in [5, 5.41) is 3.33. The van der Waals surface area contributed by atoms with Gasteiger partial charge in [-0.25, -0.2) is 4.98 Å². The van der Waals surface area contributed by atoms with Crippen LogP contribution in [0, 0.1) is 0 Å². The van der Waals surface area contributed by atoms with Crippen molar-refractivity contribution in [3.63, 3.8) is 0 Å². The number of hydrogen-bond donors (Lipinski definition) is 1. The minimum absolute atomic E-state index is 1.06. The first kappa shape index (κ1) is 9.26. The van der Waals surface area contributed by atoms with Gasteiger partial charge in [0, 0.05) is 37.9 Å². The molecule has 0 bridgehead atoms. The van der Waals surface area contributed by atoms with Crippen molar-refractivity contribution < 1.29 is 0 Å². The molecule has 0 saturated heterocycles. The predicted octanol–water partition coefficient (Wildman–Crippen LogP) is 1.05. The molecule has 1 aromatic heterocycles. The third-order valence-corrected chi connectivity index (χ3v) is 1.89. The van der Waals surface area contributed by atoms with Gasteiger partial charge in [0.05, 0.1) is 6.33 Å². The normalized spacial score (nSPS) is 15.5. The van der Waals surface area contributed by atoms with E-state index in [2.05, 4.69) is 14.9 Å². The number of aromatic nitrogens is 2. The maximum absolute atomic E-state index is 4.08. The Hall–Kier alpha value is -0.830. The van der Waals surface area contributed by atoms with Crippen LogP contribution in [0.3, 0.4) is 0 Å². The molecule has 1 N–H and O–H groups in total. The predicted molar refractivity (Wildman–Crippen MR) is 50.1 cm³/mol. The molecule has 1 aromatic rings. The molecule has 0 saturated carbocycles. The van der Waals surface area contributed by atoms with Crippen molar-refractivity contribution in [1.82, 2.24) is 14.9 Å². The molecule has 0 atom stereocenters. The van der Waals surface area contributed by atoms with Gasteiger partial charge in [-0.15, -0.1) is 0 Å². The highest BCUT2D eigenvalue weighted by atomic mass is 15.1. The topological polar surface area (TPSA) is 29.9 Å². The fourth-order valence-electron chi connectivity index (χ4n) is 1.30. The van der Waals surface area contributed by atoms with Gasteiger partial charge in [-0.2, -0.15) is 0 Å². The quantitative estimate of drug-likeness (QED) is 0.626. The Bertz CT molecular complexity index is 197. The zero-order valence-corrected chi connectivity index (χ0v) is 7.88. The maximum atomic E-state index is 4.08. The summed E-state index contributed by atoms with van der Waals surface area (Å²) in [4.78, 5) is 4.08. The van der Waals surface area contributed by atoms with Crippen molar-refractivity contribution in [2.75, 3.05) is 13.1 Å². The van der Waals surface area contributed by atoms with Crippen molar-refractivity contribution in [2.24, 2.45) is 0 Å². The lowest BCUT2D eigenvalue weighted by molar-refractivity contribution is 0.643. The molecule has 2 rings (SSSR count). The van der Waals surface area contributed by atoms with Crippen LogP contribution < -0.4 is 5.32 Å². The first-order valence-electron chi connectivity index (χ1n) is 4.66. The monoisotopic (exact) mass is 167 g/mol. The summed E-state index contributed by atoms with van der Waals surface area (Å²) in [6.45, 7) is 7.23. The van der Waals surface area contributed by atoms with Gasteiger partial charge in [0.2, 0.25) is 0 Å². The molecule has 0 amide bonds. The van der Waals surface area contributed by atoms with E-state index >= 15 is 0 Å². The summed E-state index contributed by atoms with van der Waals surface area (Å²) in [6.07, 6.45) is 4.97. The fraction of sp³-hybridized carbons (Fsp3) is 0.667. The van der Waals surface area contributed by atoms with Gasteiger partial charge in [0.1, 0.15) is 0 Å². The van der Waals surface area contributed by atoms with Crippen molar-refractivity contribution in [3.8, 4) is 0 Å². The Balaban J connectivity index is 0.000000336. The van der Waals surface area contributed by atoms with E-state index in [0.29, 0.717) is 0 Å². The third-order valence-electron chi connectivity index (χ3n) is 1.89. The van der Waals surface area contributed by atoms with Crippen molar-refractivity contribution in [1.29, 1.82) is 0 Å². The fourth-order valence-corrected chi connectivity index (χ4v) is 1.30. The number of hydrogen-bond acceptors (Lipinski definition) is 2. The van der Waals surface area contributed by atoms with Gasteiger partial charge >= 0.3 is 0 Å². The number of rotatable bonds is 0. The molecule has 0 radical (unpaired) electrons. The number of nitrogens with zero attached hydrogens (tertiary/aromatic N) is 2. The van der Waals surface area contributed by atoms with Gasteiger partial charge in [0.15, 0.2) is 0 Å². The zero-order chi connectivity index (χ0) is 8.81. The minimum Gasteiger partial charge on any atom is -0.333 e. The molecule has 68 valence electrons. The van der Waals surface area contributed by atoms with E-state index in [0.717, 1.165) is 26.1 Å². The SMILES string of the molecule is CC.c1ncn2c1CCNCC2. The Morgan fingerprint density at radius 3 is 3.08 bits per heavy atom. The van der Waals surface area contributed by atoms with E-state index in [1.54, 1.807) is 0 Å². The molecule has 0 unspecified atom stereocenters. The van der Waals surface area contributed by atoms with E-state index in [-0.39, 0.29) is 0 Å². The van der Waals surface area contributed by atoms with E-state index in [1.165, 1.54) is 5.69 Å². The van der Waals surface area contributed by atoms with Crippen LogP contribution in [0.25, 0.3) is 0 Å². The Morgan fingerprint density at radius 1 is 1.42 bits per heavy atom. The molecule has 0 fully saturated rings. The van der Waals surface area contributed by atoms with Crippen molar-refractivity contribution in [2.45, 2.75) is 26.8 Å². The summed E-state index contributed by atoms with van der Waals surface area (Å²) in [6, 6.07) is 0. The first-order valence-corrected chi connectivity index (χ1v) is 4.66. The van der Waals surface area contributed by atoms with Crippen molar-refractivity contribution >= 4 is 0 Å². The zero-order valence-electron chi connectivity index (χ0n) is 7.88. The molecule has 0 spiro atoms. The highest BCUT2D eigenvalue weighted by Gasteiger charge is 2.04. The van der Waals surface area contributed by atoms with E-state index in [4.69, 9.17) is 0 Å². The highest BCUT2D eigenvalue weighted by molar-refractivity contribution is 5.00. The maximum Gasteiger partial charge on any atom is 0.0948 e. The average Bonchev–Trinajstić information content (AvgIpc) is 2.46. The standard InChI is InChI=1S/C7H11N3.C2H6/c1-2-8-3-4-10-6-9-5-7(1)10;1-2/h5-6,8H,1-4H2;1-2H3. The summed E-state index contributed by atoms with van der Waals surface area (Å²) in [5.41, 5.74) is 1.35. The molecule has 1 aliphatic heterocycles. The molecular weight excluding hydrogens is 150 g/mol. The second-order valence-electron chi connectivity index (χ2n) is 2.58. The van der Waals surface area contributed by atoms with Gasteiger partial charge in [-0.3, -0.25) is 0 Å². The van der Waals surface area contributed by atoms with E-state index in [1.807, 2.05) is 26.4 Å². The summed E-state index contributed by atoms with van der Waals surface area (Å²) in [5.74, 6) is 0. The summed E-state index contributed by atoms with van der Waals surface area (Å²) < 4.78 is 2.21. The lowest BCUT2D eigenvalue weighted by atomic mass is 10.3.